The molecule has 2 unspecified atom stereocenters. The van der Waals surface area contributed by atoms with Gasteiger partial charge in [-0.25, -0.2) is 0 Å². The van der Waals surface area contributed by atoms with Gasteiger partial charge in [-0.1, -0.05) is 97.4 Å². The van der Waals surface area contributed by atoms with E-state index < -0.39 is 6.10 Å². The number of nitrogens with one attached hydrogen (secondary N) is 1. The molecule has 3 nitrogen and oxygen atoms in total. The van der Waals surface area contributed by atoms with Crippen molar-refractivity contribution in [3.05, 3.63) is 107 Å². The maximum Gasteiger partial charge on any atom is 0.108 e. The van der Waals surface area contributed by atoms with Gasteiger partial charge in [0.05, 0.1) is 12.7 Å². The van der Waals surface area contributed by atoms with Crippen LogP contribution in [0.4, 0.5) is 0 Å². The summed E-state index contributed by atoms with van der Waals surface area (Å²) in [6.45, 7) is 5.00. The van der Waals surface area contributed by atoms with Crippen LogP contribution < -0.4 is 5.32 Å². The van der Waals surface area contributed by atoms with Crippen molar-refractivity contribution in [1.29, 1.82) is 0 Å². The zero-order valence-electron chi connectivity index (χ0n) is 17.3. The van der Waals surface area contributed by atoms with Crippen LogP contribution in [0.15, 0.2) is 84.9 Å². The molecule has 0 saturated heterocycles. The Bertz CT molecular complexity index is 794. The Balaban J connectivity index is 1.58. The van der Waals surface area contributed by atoms with E-state index in [1.807, 2.05) is 36.4 Å². The fraction of sp³-hybridized carbons (Fsp3) is 0.308. The normalized spacial score (nSPS) is 13.4. The number of ether oxygens (including phenoxy) is 1. The topological polar surface area (TPSA) is 41.5 Å². The van der Waals surface area contributed by atoms with Crippen molar-refractivity contribution in [2.45, 2.75) is 38.5 Å². The third-order valence-electron chi connectivity index (χ3n) is 5.15. The van der Waals surface area contributed by atoms with Crippen LogP contribution in [0.1, 0.15) is 47.7 Å². The van der Waals surface area contributed by atoms with Gasteiger partial charge in [0.15, 0.2) is 0 Å². The van der Waals surface area contributed by atoms with Gasteiger partial charge in [0, 0.05) is 12.6 Å². The monoisotopic (exact) mass is 389 g/mol. The lowest BCUT2D eigenvalue weighted by Gasteiger charge is -2.23. The van der Waals surface area contributed by atoms with Gasteiger partial charge in [-0.3, -0.25) is 0 Å². The number of aryl methyl sites for hydroxylation is 1. The summed E-state index contributed by atoms with van der Waals surface area (Å²) in [6.07, 6.45) is 0.198. The molecule has 0 spiro atoms. The molecule has 3 heteroatoms. The van der Waals surface area contributed by atoms with Crippen molar-refractivity contribution in [1.82, 2.24) is 5.32 Å². The Kier molecular flexibility index (Phi) is 8.00. The molecule has 3 aromatic rings. The molecule has 152 valence electrons. The average molecular weight is 390 g/mol. The Morgan fingerprint density at radius 3 is 1.86 bits per heavy atom. The SMILES string of the molecule is CCC(NCC(O)COC(c1ccccc1)c1ccccc1)c1ccc(C)cc1. The maximum atomic E-state index is 10.5. The van der Waals surface area contributed by atoms with Crippen molar-refractivity contribution in [3.63, 3.8) is 0 Å². The highest BCUT2D eigenvalue weighted by Crippen LogP contribution is 2.26. The molecule has 0 heterocycles. The highest BCUT2D eigenvalue weighted by Gasteiger charge is 2.17. The zero-order valence-corrected chi connectivity index (χ0v) is 17.3. The molecule has 2 atom stereocenters. The summed E-state index contributed by atoms with van der Waals surface area (Å²) in [5.74, 6) is 0. The third-order valence-corrected chi connectivity index (χ3v) is 5.15. The Morgan fingerprint density at radius 2 is 1.34 bits per heavy atom. The summed E-state index contributed by atoms with van der Waals surface area (Å²) < 4.78 is 6.17. The molecule has 0 aromatic heterocycles. The molecular formula is C26H31NO2. The lowest BCUT2D eigenvalue weighted by molar-refractivity contribution is 0.00555. The van der Waals surface area contributed by atoms with E-state index in [1.54, 1.807) is 0 Å². The summed E-state index contributed by atoms with van der Waals surface area (Å²) >= 11 is 0. The molecule has 29 heavy (non-hydrogen) atoms. The first kappa shape index (κ1) is 21.3. The van der Waals surface area contributed by atoms with E-state index in [-0.39, 0.29) is 18.8 Å². The number of aliphatic hydroxyl groups excluding tert-OH is 1. The van der Waals surface area contributed by atoms with E-state index in [9.17, 15) is 5.11 Å². The molecule has 0 aliphatic carbocycles. The van der Waals surface area contributed by atoms with Crippen LogP contribution in [0.3, 0.4) is 0 Å². The summed E-state index contributed by atoms with van der Waals surface area (Å²) in [6, 6.07) is 29.1. The number of rotatable bonds is 10. The first-order chi connectivity index (χ1) is 14.2. The van der Waals surface area contributed by atoms with E-state index in [0.29, 0.717) is 6.54 Å². The number of hydrogen-bond acceptors (Lipinski definition) is 3. The predicted molar refractivity (Wildman–Crippen MR) is 119 cm³/mol. The van der Waals surface area contributed by atoms with Gasteiger partial charge in [-0.05, 0) is 30.0 Å². The van der Waals surface area contributed by atoms with Crippen LogP contribution in [-0.2, 0) is 4.74 Å². The van der Waals surface area contributed by atoms with Crippen LogP contribution in [-0.4, -0.2) is 24.4 Å². The molecule has 0 bridgehead atoms. The zero-order chi connectivity index (χ0) is 20.5. The fourth-order valence-electron chi connectivity index (χ4n) is 3.48. The molecule has 3 aromatic carbocycles. The minimum atomic E-state index is -0.579. The molecule has 0 fully saturated rings. The number of hydrogen-bond donors (Lipinski definition) is 2. The van der Waals surface area contributed by atoms with E-state index in [1.165, 1.54) is 11.1 Å². The second-order valence-corrected chi connectivity index (χ2v) is 7.47. The standard InChI is InChI=1S/C26H31NO2/c1-3-25(21-16-14-20(2)15-17-21)27-18-24(28)19-29-26(22-10-6-4-7-11-22)23-12-8-5-9-13-23/h4-17,24-28H,3,18-19H2,1-2H3. The molecule has 0 aliphatic rings. The smallest absolute Gasteiger partial charge is 0.108 e. The van der Waals surface area contributed by atoms with Crippen LogP contribution in [0.25, 0.3) is 0 Å². The second-order valence-electron chi connectivity index (χ2n) is 7.47. The van der Waals surface area contributed by atoms with Crippen LogP contribution in [0, 0.1) is 6.92 Å². The van der Waals surface area contributed by atoms with Gasteiger partial charge < -0.3 is 15.2 Å². The number of aliphatic hydroxyl groups is 1. The third kappa shape index (κ3) is 6.26. The lowest BCUT2D eigenvalue weighted by Crippen LogP contribution is -2.33. The van der Waals surface area contributed by atoms with Crippen molar-refractivity contribution < 1.29 is 9.84 Å². The highest BCUT2D eigenvalue weighted by atomic mass is 16.5. The Morgan fingerprint density at radius 1 is 0.793 bits per heavy atom. The van der Waals surface area contributed by atoms with Gasteiger partial charge in [0.1, 0.15) is 6.10 Å². The van der Waals surface area contributed by atoms with E-state index in [0.717, 1.165) is 17.5 Å². The van der Waals surface area contributed by atoms with E-state index in [4.69, 9.17) is 4.74 Å². The maximum absolute atomic E-state index is 10.5. The minimum absolute atomic E-state index is 0.189. The van der Waals surface area contributed by atoms with Gasteiger partial charge >= 0.3 is 0 Å². The highest BCUT2D eigenvalue weighted by molar-refractivity contribution is 5.30. The predicted octanol–water partition coefficient (Wildman–Crippen LogP) is 5.20. The summed E-state index contributed by atoms with van der Waals surface area (Å²) in [7, 11) is 0. The van der Waals surface area contributed by atoms with Crippen LogP contribution in [0.5, 0.6) is 0 Å². The second kappa shape index (κ2) is 10.9. The molecule has 0 radical (unpaired) electrons. The molecule has 3 rings (SSSR count). The van der Waals surface area contributed by atoms with Crippen molar-refractivity contribution >= 4 is 0 Å². The molecule has 0 saturated carbocycles. The van der Waals surface area contributed by atoms with Gasteiger partial charge in [0.2, 0.25) is 0 Å². The van der Waals surface area contributed by atoms with Crippen molar-refractivity contribution in [2.24, 2.45) is 0 Å². The van der Waals surface area contributed by atoms with Crippen molar-refractivity contribution in [3.8, 4) is 0 Å². The van der Waals surface area contributed by atoms with Gasteiger partial charge in [-0.2, -0.15) is 0 Å². The molecule has 2 N–H and O–H groups in total. The molecule has 0 amide bonds. The summed E-state index contributed by atoms with van der Waals surface area (Å²) in [4.78, 5) is 0. The van der Waals surface area contributed by atoms with Crippen LogP contribution in [0.2, 0.25) is 0 Å². The quantitative estimate of drug-likeness (QED) is 0.501. The molecular weight excluding hydrogens is 358 g/mol. The Hall–Kier alpha value is -2.46. The summed E-state index contributed by atoms with van der Waals surface area (Å²) in [5, 5.41) is 14.0. The van der Waals surface area contributed by atoms with E-state index >= 15 is 0 Å². The summed E-state index contributed by atoms with van der Waals surface area (Å²) in [5.41, 5.74) is 4.68. The van der Waals surface area contributed by atoms with Crippen molar-refractivity contribution in [2.75, 3.05) is 13.2 Å². The first-order valence-corrected chi connectivity index (χ1v) is 10.4. The lowest BCUT2D eigenvalue weighted by atomic mass is 10.0. The largest absolute Gasteiger partial charge is 0.389 e. The average Bonchev–Trinajstić information content (AvgIpc) is 2.77. The van der Waals surface area contributed by atoms with E-state index in [2.05, 4.69) is 67.7 Å². The Labute approximate surface area is 174 Å². The van der Waals surface area contributed by atoms with Gasteiger partial charge in [0.25, 0.3) is 0 Å². The first-order valence-electron chi connectivity index (χ1n) is 10.4. The van der Waals surface area contributed by atoms with Gasteiger partial charge in [-0.15, -0.1) is 0 Å². The molecule has 0 aliphatic heterocycles. The van der Waals surface area contributed by atoms with Crippen LogP contribution >= 0.6 is 0 Å². The minimum Gasteiger partial charge on any atom is -0.389 e. The number of benzene rings is 3. The fourth-order valence-corrected chi connectivity index (χ4v) is 3.48.